The Hall–Kier alpha value is -4.06. The SMILES string of the molecule is O=C(O)CCCCC(C=Cc1ccccc1OCCCOc1ccccc1)Cc1ccc(C(=O)O)cc1. The van der Waals surface area contributed by atoms with Crippen molar-refractivity contribution in [1.82, 2.24) is 0 Å². The van der Waals surface area contributed by atoms with E-state index in [0.717, 1.165) is 48.3 Å². The quantitative estimate of drug-likeness (QED) is 0.211. The molecule has 0 amide bonds. The summed E-state index contributed by atoms with van der Waals surface area (Å²) in [5.41, 5.74) is 2.28. The van der Waals surface area contributed by atoms with Crippen molar-refractivity contribution in [1.29, 1.82) is 0 Å². The number of carboxylic acid groups (broad SMARTS) is 2. The first-order chi connectivity index (χ1) is 18.0. The third-order valence-electron chi connectivity index (χ3n) is 5.94. The molecule has 3 aromatic rings. The minimum atomic E-state index is -0.945. The van der Waals surface area contributed by atoms with E-state index in [-0.39, 0.29) is 17.9 Å². The van der Waals surface area contributed by atoms with E-state index in [1.54, 1.807) is 12.1 Å². The van der Waals surface area contributed by atoms with Crippen LogP contribution in [0.25, 0.3) is 6.08 Å². The molecule has 1 atom stereocenters. The van der Waals surface area contributed by atoms with Crippen LogP contribution in [0.4, 0.5) is 0 Å². The molecule has 0 heterocycles. The van der Waals surface area contributed by atoms with E-state index in [9.17, 15) is 9.59 Å². The highest BCUT2D eigenvalue weighted by Gasteiger charge is 2.10. The van der Waals surface area contributed by atoms with E-state index < -0.39 is 11.9 Å². The Morgan fingerprint density at radius 1 is 0.784 bits per heavy atom. The number of hydrogen-bond donors (Lipinski definition) is 2. The van der Waals surface area contributed by atoms with Crippen molar-refractivity contribution in [3.8, 4) is 11.5 Å². The van der Waals surface area contributed by atoms with Gasteiger partial charge in [-0.05, 0) is 61.1 Å². The van der Waals surface area contributed by atoms with Gasteiger partial charge >= 0.3 is 11.9 Å². The first kappa shape index (κ1) is 27.5. The molecule has 37 heavy (non-hydrogen) atoms. The summed E-state index contributed by atoms with van der Waals surface area (Å²) >= 11 is 0. The van der Waals surface area contributed by atoms with Crippen LogP contribution in [0.15, 0.2) is 84.9 Å². The van der Waals surface area contributed by atoms with Crippen molar-refractivity contribution in [2.24, 2.45) is 5.92 Å². The lowest BCUT2D eigenvalue weighted by Crippen LogP contribution is -2.06. The van der Waals surface area contributed by atoms with Crippen LogP contribution in [0.1, 0.15) is 53.6 Å². The second-order valence-electron chi connectivity index (χ2n) is 8.87. The fourth-order valence-corrected chi connectivity index (χ4v) is 3.97. The molecule has 194 valence electrons. The van der Waals surface area contributed by atoms with Gasteiger partial charge in [0.2, 0.25) is 0 Å². The summed E-state index contributed by atoms with van der Waals surface area (Å²) in [5.74, 6) is 0.0972. The lowest BCUT2D eigenvalue weighted by molar-refractivity contribution is -0.137. The molecule has 6 nitrogen and oxygen atoms in total. The molecule has 0 saturated heterocycles. The molecule has 0 aliphatic carbocycles. The van der Waals surface area contributed by atoms with Crippen molar-refractivity contribution in [2.75, 3.05) is 13.2 Å². The molecular weight excluding hydrogens is 468 g/mol. The summed E-state index contributed by atoms with van der Waals surface area (Å²) in [6.07, 6.45) is 8.12. The summed E-state index contributed by atoms with van der Waals surface area (Å²) in [7, 11) is 0. The largest absolute Gasteiger partial charge is 0.493 e. The summed E-state index contributed by atoms with van der Waals surface area (Å²) < 4.78 is 11.8. The van der Waals surface area contributed by atoms with Gasteiger partial charge in [-0.15, -0.1) is 0 Å². The Bertz CT molecular complexity index is 1140. The van der Waals surface area contributed by atoms with E-state index >= 15 is 0 Å². The zero-order valence-corrected chi connectivity index (χ0v) is 20.9. The maximum absolute atomic E-state index is 11.2. The fourth-order valence-electron chi connectivity index (χ4n) is 3.97. The molecule has 0 spiro atoms. The molecular formula is C31H34O6. The molecule has 1 unspecified atom stereocenters. The number of hydrogen-bond acceptors (Lipinski definition) is 4. The van der Waals surface area contributed by atoms with Crippen LogP contribution in [0.5, 0.6) is 11.5 Å². The van der Waals surface area contributed by atoms with Crippen molar-refractivity contribution in [2.45, 2.75) is 38.5 Å². The van der Waals surface area contributed by atoms with Crippen LogP contribution in [0.3, 0.4) is 0 Å². The third kappa shape index (κ3) is 10.2. The van der Waals surface area contributed by atoms with Gasteiger partial charge in [0.15, 0.2) is 0 Å². The van der Waals surface area contributed by atoms with Gasteiger partial charge in [-0.3, -0.25) is 4.79 Å². The maximum Gasteiger partial charge on any atom is 0.335 e. The minimum Gasteiger partial charge on any atom is -0.493 e. The van der Waals surface area contributed by atoms with E-state index in [2.05, 4.69) is 12.2 Å². The molecule has 0 saturated carbocycles. The minimum absolute atomic E-state index is 0.161. The van der Waals surface area contributed by atoms with Crippen molar-refractivity contribution in [3.05, 3.63) is 102 Å². The second-order valence-corrected chi connectivity index (χ2v) is 8.87. The predicted octanol–water partition coefficient (Wildman–Crippen LogP) is 6.75. The summed E-state index contributed by atoms with van der Waals surface area (Å²) in [4.78, 5) is 22.0. The number of ether oxygens (including phenoxy) is 2. The topological polar surface area (TPSA) is 93.1 Å². The number of aromatic carboxylic acids is 1. The van der Waals surface area contributed by atoms with Gasteiger partial charge in [0.05, 0.1) is 18.8 Å². The van der Waals surface area contributed by atoms with Crippen molar-refractivity contribution in [3.63, 3.8) is 0 Å². The van der Waals surface area contributed by atoms with E-state index in [4.69, 9.17) is 19.7 Å². The Balaban J connectivity index is 1.59. The molecule has 0 bridgehead atoms. The molecule has 0 aliphatic heterocycles. The van der Waals surface area contributed by atoms with Crippen LogP contribution in [0, 0.1) is 5.92 Å². The van der Waals surface area contributed by atoms with Gasteiger partial charge in [-0.25, -0.2) is 4.79 Å². The fraction of sp³-hybridized carbons (Fsp3) is 0.290. The Morgan fingerprint density at radius 3 is 2.22 bits per heavy atom. The Morgan fingerprint density at radius 2 is 1.49 bits per heavy atom. The number of para-hydroxylation sites is 2. The van der Waals surface area contributed by atoms with E-state index in [0.29, 0.717) is 19.6 Å². The maximum atomic E-state index is 11.2. The normalized spacial score (nSPS) is 11.8. The summed E-state index contributed by atoms with van der Waals surface area (Å²) in [6, 6.07) is 24.5. The van der Waals surface area contributed by atoms with Gasteiger partial charge in [-0.2, -0.15) is 0 Å². The number of allylic oxidation sites excluding steroid dienone is 1. The second kappa shape index (κ2) is 15.1. The van der Waals surface area contributed by atoms with Crippen LogP contribution in [-0.4, -0.2) is 35.4 Å². The van der Waals surface area contributed by atoms with Gasteiger partial charge < -0.3 is 19.7 Å². The van der Waals surface area contributed by atoms with Crippen molar-refractivity contribution < 1.29 is 29.3 Å². The summed E-state index contributed by atoms with van der Waals surface area (Å²) in [6.45, 7) is 1.10. The molecule has 0 fully saturated rings. The number of benzene rings is 3. The zero-order valence-electron chi connectivity index (χ0n) is 20.9. The van der Waals surface area contributed by atoms with E-state index in [1.165, 1.54) is 0 Å². The Labute approximate surface area is 218 Å². The highest BCUT2D eigenvalue weighted by Crippen LogP contribution is 2.24. The highest BCUT2D eigenvalue weighted by molar-refractivity contribution is 5.87. The molecule has 2 N–H and O–H groups in total. The highest BCUT2D eigenvalue weighted by atomic mass is 16.5. The van der Waals surface area contributed by atoms with Gasteiger partial charge in [0.1, 0.15) is 11.5 Å². The lowest BCUT2D eigenvalue weighted by Gasteiger charge is -2.14. The van der Waals surface area contributed by atoms with E-state index in [1.807, 2.05) is 66.7 Å². The van der Waals surface area contributed by atoms with Crippen LogP contribution >= 0.6 is 0 Å². The average Bonchev–Trinajstić information content (AvgIpc) is 2.90. The van der Waals surface area contributed by atoms with Gasteiger partial charge in [-0.1, -0.05) is 67.1 Å². The molecule has 0 radical (unpaired) electrons. The summed E-state index contributed by atoms with van der Waals surface area (Å²) in [5, 5.41) is 18.1. The first-order valence-electron chi connectivity index (χ1n) is 12.6. The molecule has 0 aromatic heterocycles. The number of aliphatic carboxylic acids is 1. The number of carbonyl (C=O) groups is 2. The number of carboxylic acids is 2. The molecule has 6 heteroatoms. The lowest BCUT2D eigenvalue weighted by atomic mass is 9.92. The molecule has 3 aromatic carbocycles. The van der Waals surface area contributed by atoms with Crippen LogP contribution in [-0.2, 0) is 11.2 Å². The number of unbranched alkanes of at least 4 members (excludes halogenated alkanes) is 1. The molecule has 3 rings (SSSR count). The number of rotatable bonds is 16. The standard InChI is InChI=1S/C31H34O6/c32-30(33)14-7-4-9-24(23-25-16-19-27(20-17-25)31(34)35)15-18-26-10-5-6-13-29(26)37-22-8-21-36-28-11-2-1-3-12-28/h1-3,5-6,10-13,15-20,24H,4,7-9,14,21-23H2,(H,32,33)(H,34,35). The third-order valence-corrected chi connectivity index (χ3v) is 5.94. The smallest absolute Gasteiger partial charge is 0.335 e. The van der Waals surface area contributed by atoms with Crippen LogP contribution in [0.2, 0.25) is 0 Å². The van der Waals surface area contributed by atoms with Gasteiger partial charge in [0, 0.05) is 18.4 Å². The van der Waals surface area contributed by atoms with Crippen LogP contribution < -0.4 is 9.47 Å². The monoisotopic (exact) mass is 502 g/mol. The zero-order chi connectivity index (χ0) is 26.3. The predicted molar refractivity (Wildman–Crippen MR) is 144 cm³/mol. The van der Waals surface area contributed by atoms with Crippen molar-refractivity contribution >= 4 is 18.0 Å². The van der Waals surface area contributed by atoms with Gasteiger partial charge in [0.25, 0.3) is 0 Å². The Kier molecular flexibility index (Phi) is 11.3. The first-order valence-corrected chi connectivity index (χ1v) is 12.6. The molecule has 0 aliphatic rings. The average molecular weight is 503 g/mol.